The summed E-state index contributed by atoms with van der Waals surface area (Å²) in [7, 11) is 0. The highest BCUT2D eigenvalue weighted by atomic mass is 32.2. The van der Waals surface area contributed by atoms with E-state index in [9.17, 15) is 0 Å². The molecular weight excluding hydrogens is 222 g/mol. The van der Waals surface area contributed by atoms with Gasteiger partial charge in [-0.15, -0.1) is 0 Å². The first-order valence-corrected chi connectivity index (χ1v) is 6.65. The molecule has 2 rings (SSSR count). The Hall–Kier alpha value is -1.01. The number of nitrogens with two attached hydrogens (primary N) is 1. The molecule has 6 heteroatoms. The van der Waals surface area contributed by atoms with Gasteiger partial charge < -0.3 is 10.7 Å². The first-order chi connectivity index (χ1) is 7.76. The van der Waals surface area contributed by atoms with Gasteiger partial charge in [-0.25, -0.2) is 15.8 Å². The summed E-state index contributed by atoms with van der Waals surface area (Å²) in [5.74, 6) is 7.66. The van der Waals surface area contributed by atoms with Crippen LogP contribution in [-0.4, -0.2) is 22.3 Å². The van der Waals surface area contributed by atoms with Crippen LogP contribution < -0.4 is 16.6 Å². The summed E-state index contributed by atoms with van der Waals surface area (Å²) in [6.45, 7) is 2.21. The van der Waals surface area contributed by atoms with Gasteiger partial charge in [0.2, 0.25) is 0 Å². The molecule has 0 radical (unpaired) electrons. The SMILES string of the molecule is CCC1CC1Nc1cc(NN)nc(SC)n1. The van der Waals surface area contributed by atoms with Gasteiger partial charge in [0.05, 0.1) is 0 Å². The summed E-state index contributed by atoms with van der Waals surface area (Å²) < 4.78 is 0. The highest BCUT2D eigenvalue weighted by Gasteiger charge is 2.35. The molecule has 2 atom stereocenters. The van der Waals surface area contributed by atoms with Crippen LogP contribution in [0, 0.1) is 5.92 Å². The van der Waals surface area contributed by atoms with Crippen LogP contribution in [0.5, 0.6) is 0 Å². The lowest BCUT2D eigenvalue weighted by Crippen LogP contribution is -2.12. The molecule has 1 aromatic rings. The van der Waals surface area contributed by atoms with Crippen LogP contribution in [-0.2, 0) is 0 Å². The van der Waals surface area contributed by atoms with E-state index in [1.54, 1.807) is 0 Å². The van der Waals surface area contributed by atoms with Crippen LogP contribution in [0.4, 0.5) is 11.6 Å². The fourth-order valence-corrected chi connectivity index (χ4v) is 2.11. The summed E-state index contributed by atoms with van der Waals surface area (Å²) in [5, 5.41) is 4.13. The maximum atomic E-state index is 5.36. The molecule has 0 aromatic carbocycles. The molecule has 0 aliphatic heterocycles. The number of hydrogen-bond acceptors (Lipinski definition) is 6. The molecule has 5 nitrogen and oxygen atoms in total. The largest absolute Gasteiger partial charge is 0.367 e. The summed E-state index contributed by atoms with van der Waals surface area (Å²) in [5.41, 5.74) is 2.56. The van der Waals surface area contributed by atoms with Crippen molar-refractivity contribution in [2.24, 2.45) is 11.8 Å². The number of hydrogen-bond donors (Lipinski definition) is 3. The van der Waals surface area contributed by atoms with E-state index in [2.05, 4.69) is 27.6 Å². The maximum absolute atomic E-state index is 5.36. The molecular formula is C10H17N5S. The van der Waals surface area contributed by atoms with Crippen LogP contribution in [0.2, 0.25) is 0 Å². The molecule has 0 bridgehead atoms. The highest BCUT2D eigenvalue weighted by Crippen LogP contribution is 2.36. The third-order valence-electron chi connectivity index (χ3n) is 2.82. The topological polar surface area (TPSA) is 75.9 Å². The Bertz CT molecular complexity index is 348. The van der Waals surface area contributed by atoms with Gasteiger partial charge in [0, 0.05) is 12.1 Å². The van der Waals surface area contributed by atoms with E-state index in [-0.39, 0.29) is 0 Å². The predicted octanol–water partition coefficient (Wildman–Crippen LogP) is 1.69. The monoisotopic (exact) mass is 239 g/mol. The van der Waals surface area contributed by atoms with Crippen LogP contribution in [0.3, 0.4) is 0 Å². The molecule has 1 aromatic heterocycles. The van der Waals surface area contributed by atoms with E-state index in [4.69, 9.17) is 5.84 Å². The Balaban J connectivity index is 2.08. The van der Waals surface area contributed by atoms with Crippen molar-refractivity contribution in [2.75, 3.05) is 17.0 Å². The fourth-order valence-electron chi connectivity index (χ4n) is 1.73. The quantitative estimate of drug-likeness (QED) is 0.314. The normalized spacial score (nSPS) is 22.9. The number of nitrogen functional groups attached to an aromatic ring is 1. The molecule has 0 amide bonds. The predicted molar refractivity (Wildman–Crippen MR) is 67.4 cm³/mol. The lowest BCUT2D eigenvalue weighted by Gasteiger charge is -2.08. The average molecular weight is 239 g/mol. The van der Waals surface area contributed by atoms with E-state index < -0.39 is 0 Å². The molecule has 16 heavy (non-hydrogen) atoms. The number of nitrogens with one attached hydrogen (secondary N) is 2. The van der Waals surface area contributed by atoms with E-state index in [1.165, 1.54) is 24.6 Å². The minimum absolute atomic E-state index is 0.570. The molecule has 0 saturated heterocycles. The third-order valence-corrected chi connectivity index (χ3v) is 3.36. The Morgan fingerprint density at radius 1 is 1.50 bits per heavy atom. The van der Waals surface area contributed by atoms with Gasteiger partial charge in [-0.2, -0.15) is 0 Å². The van der Waals surface area contributed by atoms with Crippen LogP contribution in [0.1, 0.15) is 19.8 Å². The first-order valence-electron chi connectivity index (χ1n) is 5.43. The zero-order valence-electron chi connectivity index (χ0n) is 9.53. The average Bonchev–Trinajstić information content (AvgIpc) is 3.06. The van der Waals surface area contributed by atoms with Crippen molar-refractivity contribution in [2.45, 2.75) is 31.0 Å². The standard InChI is InChI=1S/C10H17N5S/c1-3-6-4-7(6)12-8-5-9(15-11)14-10(13-8)16-2/h5-7H,3-4,11H2,1-2H3,(H2,12,13,14,15). The number of aromatic nitrogens is 2. The van der Waals surface area contributed by atoms with Crippen molar-refractivity contribution in [1.29, 1.82) is 0 Å². The summed E-state index contributed by atoms with van der Waals surface area (Å²) in [6, 6.07) is 2.41. The molecule has 2 unspecified atom stereocenters. The number of thioether (sulfide) groups is 1. The van der Waals surface area contributed by atoms with Crippen molar-refractivity contribution in [3.8, 4) is 0 Å². The molecule has 1 heterocycles. The number of nitrogens with zero attached hydrogens (tertiary/aromatic N) is 2. The van der Waals surface area contributed by atoms with E-state index in [0.29, 0.717) is 11.9 Å². The van der Waals surface area contributed by atoms with Crippen molar-refractivity contribution >= 4 is 23.4 Å². The smallest absolute Gasteiger partial charge is 0.191 e. The fraction of sp³-hybridized carbons (Fsp3) is 0.600. The van der Waals surface area contributed by atoms with Crippen molar-refractivity contribution < 1.29 is 0 Å². The summed E-state index contributed by atoms with van der Waals surface area (Å²) >= 11 is 1.51. The molecule has 4 N–H and O–H groups in total. The molecule has 1 aliphatic carbocycles. The van der Waals surface area contributed by atoms with Crippen molar-refractivity contribution in [3.63, 3.8) is 0 Å². The van der Waals surface area contributed by atoms with Crippen LogP contribution >= 0.6 is 11.8 Å². The lowest BCUT2D eigenvalue weighted by atomic mass is 10.3. The second kappa shape index (κ2) is 4.88. The molecule has 0 spiro atoms. The van der Waals surface area contributed by atoms with Gasteiger partial charge >= 0.3 is 0 Å². The second-order valence-corrected chi connectivity index (χ2v) is 4.70. The Morgan fingerprint density at radius 3 is 2.81 bits per heavy atom. The van der Waals surface area contributed by atoms with E-state index in [0.717, 1.165) is 16.9 Å². The van der Waals surface area contributed by atoms with Gasteiger partial charge in [-0.1, -0.05) is 25.1 Å². The van der Waals surface area contributed by atoms with Crippen LogP contribution in [0.15, 0.2) is 11.2 Å². The van der Waals surface area contributed by atoms with Gasteiger partial charge in [0.15, 0.2) is 5.16 Å². The first kappa shape index (κ1) is 11.5. The number of anilines is 2. The van der Waals surface area contributed by atoms with Crippen molar-refractivity contribution in [3.05, 3.63) is 6.07 Å². The summed E-state index contributed by atoms with van der Waals surface area (Å²) in [4.78, 5) is 8.61. The number of rotatable bonds is 5. The molecule has 1 fully saturated rings. The van der Waals surface area contributed by atoms with Crippen molar-refractivity contribution in [1.82, 2.24) is 9.97 Å². The maximum Gasteiger partial charge on any atom is 0.191 e. The van der Waals surface area contributed by atoms with Crippen LogP contribution in [0.25, 0.3) is 0 Å². The highest BCUT2D eigenvalue weighted by molar-refractivity contribution is 7.98. The lowest BCUT2D eigenvalue weighted by molar-refractivity contribution is 0.772. The molecule has 88 valence electrons. The van der Waals surface area contributed by atoms with Gasteiger partial charge in [0.1, 0.15) is 11.6 Å². The summed E-state index contributed by atoms with van der Waals surface area (Å²) in [6.07, 6.45) is 4.41. The van der Waals surface area contributed by atoms with Gasteiger partial charge in [0.25, 0.3) is 0 Å². The minimum atomic E-state index is 0.570. The second-order valence-electron chi connectivity index (χ2n) is 3.92. The Kier molecular flexibility index (Phi) is 3.50. The van der Waals surface area contributed by atoms with Gasteiger partial charge in [-0.05, 0) is 18.6 Å². The third kappa shape index (κ3) is 2.56. The Morgan fingerprint density at radius 2 is 2.25 bits per heavy atom. The zero-order valence-corrected chi connectivity index (χ0v) is 10.3. The minimum Gasteiger partial charge on any atom is -0.367 e. The molecule has 1 aliphatic rings. The van der Waals surface area contributed by atoms with Gasteiger partial charge in [-0.3, -0.25) is 0 Å². The van der Waals surface area contributed by atoms with E-state index in [1.807, 2.05) is 12.3 Å². The number of hydrazine groups is 1. The van der Waals surface area contributed by atoms with E-state index >= 15 is 0 Å². The molecule has 1 saturated carbocycles. The Labute approximate surface area is 99.6 Å². The zero-order chi connectivity index (χ0) is 11.5.